The van der Waals surface area contributed by atoms with Crippen LogP contribution in [0.1, 0.15) is 61.2 Å². The molecule has 0 amide bonds. The zero-order valence-electron chi connectivity index (χ0n) is 44.0. The molecule has 0 aromatic heterocycles. The summed E-state index contributed by atoms with van der Waals surface area (Å²) in [6, 6.07) is 31.1. The minimum atomic E-state index is -4.51. The Hall–Kier alpha value is -5.13. The molecule has 20 heteroatoms. The fourth-order valence-corrected chi connectivity index (χ4v) is 16.2. The van der Waals surface area contributed by atoms with Crippen LogP contribution in [0.3, 0.4) is 0 Å². The Morgan fingerprint density at radius 2 is 0.387 bits per heavy atom. The number of rotatable bonds is 10. The summed E-state index contributed by atoms with van der Waals surface area (Å²) in [4.78, 5) is -0.350. The van der Waals surface area contributed by atoms with Crippen molar-refractivity contribution in [3.63, 3.8) is 0 Å². The molecule has 0 unspecified atom stereocenters. The molecule has 8 rings (SSSR count). The van der Waals surface area contributed by atoms with Crippen LogP contribution in [-0.2, 0) is 63.2 Å². The van der Waals surface area contributed by atoms with Crippen LogP contribution in [0.15, 0.2) is 146 Å². The monoisotopic (exact) mass is 1120 g/mol. The van der Waals surface area contributed by atoms with Crippen LogP contribution >= 0.6 is 0 Å². The summed E-state index contributed by atoms with van der Waals surface area (Å²) in [6.45, 7) is 12.6. The standard InChI is InChI=1S/C55H67N5O10S5/c1-40-10-20-49(21-11-40)71(61,62)56-30-32-57(72(63,64)50-22-12-41(2)13-23-50)34-36-59(74(67,68)52-26-16-43(4)17-27-52)38-54-45(6)47(8)55(48(9)46(54)7)39-60(75(69,70)53-28-18-44(5)19-29-53)37-35-58(33-31-56)73(65,66)51-24-14-42(3)15-25-51/h10-29H,30-39H2,1-9H3. The molecule has 2 aliphatic rings. The Labute approximate surface area is 445 Å². The lowest BCUT2D eigenvalue weighted by Crippen LogP contribution is -2.47. The van der Waals surface area contributed by atoms with Gasteiger partial charge in [0.15, 0.2) is 0 Å². The highest BCUT2D eigenvalue weighted by Crippen LogP contribution is 2.33. The minimum Gasteiger partial charge on any atom is -0.207 e. The van der Waals surface area contributed by atoms with E-state index in [1.54, 1.807) is 81.4 Å². The molecule has 0 fully saturated rings. The van der Waals surface area contributed by atoms with Crippen molar-refractivity contribution in [3.8, 4) is 0 Å². The predicted molar refractivity (Wildman–Crippen MR) is 293 cm³/mol. The lowest BCUT2D eigenvalue weighted by molar-refractivity contribution is 0.292. The summed E-state index contributed by atoms with van der Waals surface area (Å²) in [7, 11) is -22.2. The van der Waals surface area contributed by atoms with Gasteiger partial charge in [-0.2, -0.15) is 21.5 Å². The summed E-state index contributed by atoms with van der Waals surface area (Å²) in [5, 5.41) is 0. The second-order valence-electron chi connectivity index (χ2n) is 19.4. The van der Waals surface area contributed by atoms with Crippen molar-refractivity contribution in [2.45, 2.75) is 99.9 Å². The summed E-state index contributed by atoms with van der Waals surface area (Å²) >= 11 is 0. The van der Waals surface area contributed by atoms with Crippen molar-refractivity contribution in [3.05, 3.63) is 183 Å². The first-order valence-electron chi connectivity index (χ1n) is 24.6. The van der Waals surface area contributed by atoms with E-state index in [0.29, 0.717) is 33.4 Å². The molecule has 6 aromatic carbocycles. The lowest BCUT2D eigenvalue weighted by Gasteiger charge is -2.31. The molecule has 6 aromatic rings. The molecule has 15 nitrogen and oxygen atoms in total. The van der Waals surface area contributed by atoms with E-state index in [1.807, 2.05) is 41.5 Å². The quantitative estimate of drug-likeness (QED) is 0.122. The van der Waals surface area contributed by atoms with Crippen LogP contribution in [0.2, 0.25) is 0 Å². The number of nitrogens with zero attached hydrogens (tertiary/aromatic N) is 5. The van der Waals surface area contributed by atoms with Crippen molar-refractivity contribution in [2.24, 2.45) is 0 Å². The highest BCUT2D eigenvalue weighted by Gasteiger charge is 2.36. The fraction of sp³-hybridized carbons (Fsp3) is 0.345. The van der Waals surface area contributed by atoms with Gasteiger partial charge < -0.3 is 0 Å². The number of fused-ring (bicyclic) bond motifs is 16. The van der Waals surface area contributed by atoms with Gasteiger partial charge >= 0.3 is 0 Å². The maximum Gasteiger partial charge on any atom is 0.243 e. The minimum absolute atomic E-state index is 0.0164. The molecule has 0 N–H and O–H groups in total. The molecule has 0 radical (unpaired) electrons. The third-order valence-corrected chi connectivity index (χ3v) is 23.8. The van der Waals surface area contributed by atoms with E-state index in [4.69, 9.17) is 0 Å². The average molecular weight is 1120 g/mol. The molecule has 75 heavy (non-hydrogen) atoms. The highest BCUT2D eigenvalue weighted by molar-refractivity contribution is 7.90. The number of sulfonamides is 5. The van der Waals surface area contributed by atoms with Gasteiger partial charge in [0.1, 0.15) is 0 Å². The van der Waals surface area contributed by atoms with E-state index >= 15 is 0 Å². The van der Waals surface area contributed by atoms with Gasteiger partial charge in [0.25, 0.3) is 0 Å². The zero-order valence-corrected chi connectivity index (χ0v) is 48.1. The van der Waals surface area contributed by atoms with Gasteiger partial charge in [0, 0.05) is 65.4 Å². The van der Waals surface area contributed by atoms with Crippen LogP contribution in [-0.4, -0.2) is 116 Å². The molecule has 0 saturated carbocycles. The van der Waals surface area contributed by atoms with E-state index in [0.717, 1.165) is 40.7 Å². The van der Waals surface area contributed by atoms with Crippen LogP contribution < -0.4 is 0 Å². The Morgan fingerprint density at radius 3 is 0.560 bits per heavy atom. The third kappa shape index (κ3) is 12.5. The van der Waals surface area contributed by atoms with Crippen molar-refractivity contribution < 1.29 is 42.1 Å². The topological polar surface area (TPSA) is 187 Å². The Morgan fingerprint density at radius 1 is 0.240 bits per heavy atom. The Kier molecular flexibility index (Phi) is 17.5. The summed E-state index contributed by atoms with van der Waals surface area (Å²) in [5.41, 5.74) is 8.02. The molecule has 402 valence electrons. The molecular formula is C55H67N5O10S5. The first kappa shape index (κ1) is 57.6. The van der Waals surface area contributed by atoms with Crippen LogP contribution in [0.25, 0.3) is 0 Å². The van der Waals surface area contributed by atoms with Gasteiger partial charge in [-0.05, 0) is 156 Å². The normalized spacial score (nSPS) is 16.6. The first-order valence-corrected chi connectivity index (χ1v) is 31.8. The Balaban J connectivity index is 1.45. The molecule has 2 bridgehead atoms. The molecule has 0 spiro atoms. The summed E-state index contributed by atoms with van der Waals surface area (Å²) < 4.78 is 155. The maximum atomic E-state index is 15.0. The van der Waals surface area contributed by atoms with E-state index in [1.165, 1.54) is 69.3 Å². The van der Waals surface area contributed by atoms with Gasteiger partial charge in [-0.15, -0.1) is 0 Å². The maximum absolute atomic E-state index is 15.0. The average Bonchev–Trinajstić information content (AvgIpc) is 3.36. The molecule has 2 aliphatic heterocycles. The van der Waals surface area contributed by atoms with Crippen LogP contribution in [0, 0.1) is 62.3 Å². The van der Waals surface area contributed by atoms with Gasteiger partial charge in [0.05, 0.1) is 24.5 Å². The second kappa shape index (κ2) is 22.8. The Bertz CT molecular complexity index is 3380. The first-order chi connectivity index (χ1) is 35.1. The van der Waals surface area contributed by atoms with E-state index in [2.05, 4.69) is 0 Å². The van der Waals surface area contributed by atoms with Gasteiger partial charge in [-0.3, -0.25) is 0 Å². The molecule has 0 saturated heterocycles. The van der Waals surface area contributed by atoms with Crippen molar-refractivity contribution >= 4 is 50.1 Å². The second-order valence-corrected chi connectivity index (χ2v) is 29.1. The fourth-order valence-electron chi connectivity index (χ4n) is 9.11. The van der Waals surface area contributed by atoms with Crippen LogP contribution in [0.4, 0.5) is 0 Å². The number of hydrogen-bond acceptors (Lipinski definition) is 10. The SMILES string of the molecule is Cc1ccc(S(=O)(=O)N2CCN(S(=O)(=O)c3ccc(C)cc3)CCN(S(=O)(=O)c3ccc(C)cc3)Cc3c(C)c(C)c(c(C)c3C)CN(S(=O)(=O)c3ccc(C)cc3)CCN(S(=O)(=O)c3ccc(C)cc3)CC2)cc1. The number of hydrogen-bond donors (Lipinski definition) is 0. The van der Waals surface area contributed by atoms with Crippen LogP contribution in [0.5, 0.6) is 0 Å². The molecule has 2 heterocycles. The smallest absolute Gasteiger partial charge is 0.207 e. The molecular weight excluding hydrogens is 1050 g/mol. The van der Waals surface area contributed by atoms with Crippen molar-refractivity contribution in [1.29, 1.82) is 0 Å². The van der Waals surface area contributed by atoms with Crippen molar-refractivity contribution in [1.82, 2.24) is 21.5 Å². The van der Waals surface area contributed by atoms with E-state index < -0.39 is 89.4 Å². The number of benzene rings is 6. The van der Waals surface area contributed by atoms with E-state index in [-0.39, 0.29) is 50.7 Å². The number of aryl methyl sites for hydroxylation is 5. The third-order valence-electron chi connectivity index (χ3n) is 14.3. The largest absolute Gasteiger partial charge is 0.243 e. The summed E-state index contributed by atoms with van der Waals surface area (Å²) in [5.74, 6) is 0. The van der Waals surface area contributed by atoms with E-state index in [9.17, 15) is 42.1 Å². The molecule has 0 aliphatic carbocycles. The van der Waals surface area contributed by atoms with Gasteiger partial charge in [0.2, 0.25) is 50.1 Å². The van der Waals surface area contributed by atoms with Gasteiger partial charge in [-0.25, -0.2) is 42.1 Å². The molecule has 0 atom stereocenters. The summed E-state index contributed by atoms with van der Waals surface area (Å²) in [6.07, 6.45) is 0. The predicted octanol–water partition coefficient (Wildman–Crippen LogP) is 7.93. The van der Waals surface area contributed by atoms with Gasteiger partial charge in [-0.1, -0.05) is 88.5 Å². The zero-order chi connectivity index (χ0) is 54.8. The highest BCUT2D eigenvalue weighted by atomic mass is 32.2. The van der Waals surface area contributed by atoms with Crippen molar-refractivity contribution in [2.75, 3.05) is 52.4 Å². The lowest BCUT2D eigenvalue weighted by atomic mass is 9.88.